The van der Waals surface area contributed by atoms with Crippen LogP contribution in [0.5, 0.6) is 0 Å². The molecule has 2 N–H and O–H groups in total. The Morgan fingerprint density at radius 2 is 2.40 bits per heavy atom. The lowest BCUT2D eigenvalue weighted by Crippen LogP contribution is -2.37. The zero-order chi connectivity index (χ0) is 11.5. The largest absolute Gasteiger partial charge is 0.480 e. The van der Waals surface area contributed by atoms with Gasteiger partial charge in [-0.15, -0.1) is 0 Å². The predicted molar refractivity (Wildman–Crippen MR) is 49.4 cm³/mol. The highest BCUT2D eigenvalue weighted by Gasteiger charge is 2.27. The summed E-state index contributed by atoms with van der Waals surface area (Å²) in [7, 11) is -3.87. The Balaban J connectivity index is 2.62. The Labute approximate surface area is 86.1 Å². The number of carbonyl (C=O) groups is 1. The third kappa shape index (κ3) is 3.03. The van der Waals surface area contributed by atoms with Crippen molar-refractivity contribution in [3.8, 4) is 0 Å². The zero-order valence-corrected chi connectivity index (χ0v) is 8.69. The molecule has 0 radical (unpaired) electrons. The summed E-state index contributed by atoms with van der Waals surface area (Å²) in [5.41, 5.74) is 0.385. The first-order valence-corrected chi connectivity index (χ1v) is 5.58. The highest BCUT2D eigenvalue weighted by molar-refractivity contribution is 7.90. The molecule has 0 aliphatic heterocycles. The number of aromatic nitrogens is 1. The SMILES string of the molecule is CC(C(=O)O)S(=O)(=O)NCc1ccon1. The zero-order valence-electron chi connectivity index (χ0n) is 7.87. The lowest BCUT2D eigenvalue weighted by molar-refractivity contribution is -0.136. The lowest BCUT2D eigenvalue weighted by atomic mass is 10.4. The summed E-state index contributed by atoms with van der Waals surface area (Å²) in [5, 5.41) is 10.5. The molecular weight excluding hydrogens is 224 g/mol. The number of aliphatic carboxylic acids is 1. The van der Waals surface area contributed by atoms with Gasteiger partial charge < -0.3 is 9.63 Å². The van der Waals surface area contributed by atoms with Crippen LogP contribution >= 0.6 is 0 Å². The maximum Gasteiger partial charge on any atom is 0.323 e. The number of carboxylic acids is 1. The first-order valence-electron chi connectivity index (χ1n) is 4.04. The molecule has 0 saturated heterocycles. The van der Waals surface area contributed by atoms with E-state index in [0.717, 1.165) is 6.92 Å². The average Bonchev–Trinajstić information content (AvgIpc) is 2.66. The van der Waals surface area contributed by atoms with Crippen LogP contribution in [-0.2, 0) is 21.4 Å². The van der Waals surface area contributed by atoms with E-state index in [9.17, 15) is 13.2 Å². The van der Waals surface area contributed by atoms with E-state index in [1.165, 1.54) is 12.3 Å². The number of sulfonamides is 1. The van der Waals surface area contributed by atoms with Crippen molar-refractivity contribution in [2.24, 2.45) is 0 Å². The maximum absolute atomic E-state index is 11.3. The van der Waals surface area contributed by atoms with Crippen molar-refractivity contribution < 1.29 is 22.8 Å². The Hall–Kier alpha value is -1.41. The van der Waals surface area contributed by atoms with Crippen LogP contribution in [0, 0.1) is 0 Å². The van der Waals surface area contributed by atoms with E-state index in [2.05, 4.69) is 14.4 Å². The molecule has 8 heteroatoms. The van der Waals surface area contributed by atoms with E-state index < -0.39 is 21.2 Å². The summed E-state index contributed by atoms with van der Waals surface area (Å²) in [6, 6.07) is 1.48. The number of rotatable bonds is 5. The Morgan fingerprint density at radius 1 is 1.73 bits per heavy atom. The van der Waals surface area contributed by atoms with E-state index in [4.69, 9.17) is 5.11 Å². The molecule has 0 aliphatic rings. The fourth-order valence-corrected chi connectivity index (χ4v) is 1.63. The highest BCUT2D eigenvalue weighted by Crippen LogP contribution is 2.01. The monoisotopic (exact) mass is 234 g/mol. The number of nitrogens with zero attached hydrogens (tertiary/aromatic N) is 1. The van der Waals surface area contributed by atoms with Gasteiger partial charge in [-0.3, -0.25) is 4.79 Å². The number of hydrogen-bond donors (Lipinski definition) is 2. The van der Waals surface area contributed by atoms with Gasteiger partial charge in [-0.25, -0.2) is 13.1 Å². The second-order valence-corrected chi connectivity index (χ2v) is 4.92. The van der Waals surface area contributed by atoms with Crippen molar-refractivity contribution in [3.63, 3.8) is 0 Å². The normalized spacial score (nSPS) is 13.7. The predicted octanol–water partition coefficient (Wildman–Crippen LogP) is -0.433. The average molecular weight is 234 g/mol. The molecule has 1 unspecified atom stereocenters. The molecule has 0 amide bonds. The summed E-state index contributed by atoms with van der Waals surface area (Å²) in [6.45, 7) is 1.00. The third-order valence-corrected chi connectivity index (χ3v) is 3.44. The topological polar surface area (TPSA) is 110 Å². The Kier molecular flexibility index (Phi) is 3.43. The van der Waals surface area contributed by atoms with Crippen LogP contribution in [-0.4, -0.2) is 29.9 Å². The van der Waals surface area contributed by atoms with Crippen LogP contribution in [0.1, 0.15) is 12.6 Å². The van der Waals surface area contributed by atoms with Crippen LogP contribution < -0.4 is 4.72 Å². The van der Waals surface area contributed by atoms with Crippen LogP contribution in [0.4, 0.5) is 0 Å². The molecule has 15 heavy (non-hydrogen) atoms. The minimum atomic E-state index is -3.87. The maximum atomic E-state index is 11.3. The summed E-state index contributed by atoms with van der Waals surface area (Å²) in [6.07, 6.45) is 1.30. The molecule has 0 bridgehead atoms. The van der Waals surface area contributed by atoms with Gasteiger partial charge in [-0.2, -0.15) is 0 Å². The molecule has 1 heterocycles. The first-order chi connectivity index (χ1) is 6.93. The molecule has 0 fully saturated rings. The minimum Gasteiger partial charge on any atom is -0.480 e. The molecule has 7 nitrogen and oxygen atoms in total. The summed E-state index contributed by atoms with van der Waals surface area (Å²) < 4.78 is 29.2. The van der Waals surface area contributed by atoms with E-state index in [1.54, 1.807) is 0 Å². The Bertz CT molecular complexity index is 424. The lowest BCUT2D eigenvalue weighted by Gasteiger charge is -2.08. The van der Waals surface area contributed by atoms with E-state index in [0.29, 0.717) is 5.69 Å². The van der Waals surface area contributed by atoms with Gasteiger partial charge in [0.15, 0.2) is 5.25 Å². The summed E-state index contributed by atoms with van der Waals surface area (Å²) >= 11 is 0. The van der Waals surface area contributed by atoms with Gasteiger partial charge >= 0.3 is 5.97 Å². The van der Waals surface area contributed by atoms with Crippen LogP contribution in [0.3, 0.4) is 0 Å². The molecule has 0 spiro atoms. The molecular formula is C7H10N2O5S. The van der Waals surface area contributed by atoms with Crippen molar-refractivity contribution >= 4 is 16.0 Å². The van der Waals surface area contributed by atoms with Gasteiger partial charge in [0, 0.05) is 6.07 Å². The summed E-state index contributed by atoms with van der Waals surface area (Å²) in [4.78, 5) is 10.5. The number of carboxylic acid groups (broad SMARTS) is 1. The van der Waals surface area contributed by atoms with Gasteiger partial charge in [0.1, 0.15) is 6.26 Å². The molecule has 1 aromatic heterocycles. The van der Waals surface area contributed by atoms with E-state index in [-0.39, 0.29) is 6.54 Å². The van der Waals surface area contributed by atoms with Crippen molar-refractivity contribution in [1.82, 2.24) is 9.88 Å². The van der Waals surface area contributed by atoms with Crippen molar-refractivity contribution in [3.05, 3.63) is 18.0 Å². The standard InChI is InChI=1S/C7H10N2O5S/c1-5(7(10)11)15(12,13)8-4-6-2-3-14-9-6/h2-3,5,8H,4H2,1H3,(H,10,11). The molecule has 0 saturated carbocycles. The van der Waals surface area contributed by atoms with Gasteiger partial charge in [-0.05, 0) is 6.92 Å². The highest BCUT2D eigenvalue weighted by atomic mass is 32.2. The van der Waals surface area contributed by atoms with Crippen molar-refractivity contribution in [2.45, 2.75) is 18.7 Å². The molecule has 0 aliphatic carbocycles. The smallest absolute Gasteiger partial charge is 0.323 e. The van der Waals surface area contributed by atoms with Crippen molar-refractivity contribution in [2.75, 3.05) is 0 Å². The van der Waals surface area contributed by atoms with Gasteiger partial charge in [-0.1, -0.05) is 5.16 Å². The fourth-order valence-electron chi connectivity index (χ4n) is 0.761. The Morgan fingerprint density at radius 3 is 2.87 bits per heavy atom. The van der Waals surface area contributed by atoms with Crippen LogP contribution in [0.15, 0.2) is 16.9 Å². The van der Waals surface area contributed by atoms with Crippen LogP contribution in [0.25, 0.3) is 0 Å². The van der Waals surface area contributed by atoms with Gasteiger partial charge in [0.2, 0.25) is 10.0 Å². The van der Waals surface area contributed by atoms with Gasteiger partial charge in [0.05, 0.1) is 12.2 Å². The van der Waals surface area contributed by atoms with E-state index >= 15 is 0 Å². The second kappa shape index (κ2) is 4.41. The quantitative estimate of drug-likeness (QED) is 0.715. The van der Waals surface area contributed by atoms with Gasteiger partial charge in [0.25, 0.3) is 0 Å². The number of nitrogens with one attached hydrogen (secondary N) is 1. The molecule has 84 valence electrons. The minimum absolute atomic E-state index is 0.0869. The molecule has 0 aromatic carbocycles. The van der Waals surface area contributed by atoms with E-state index in [1.807, 2.05) is 0 Å². The fraction of sp³-hybridized carbons (Fsp3) is 0.429. The molecule has 1 aromatic rings. The molecule has 1 rings (SSSR count). The number of hydrogen-bond acceptors (Lipinski definition) is 5. The third-order valence-electron chi connectivity index (χ3n) is 1.76. The summed E-state index contributed by atoms with van der Waals surface area (Å²) in [5.74, 6) is -1.40. The molecule has 1 atom stereocenters. The van der Waals surface area contributed by atoms with Crippen LogP contribution in [0.2, 0.25) is 0 Å². The second-order valence-electron chi connectivity index (χ2n) is 2.84. The van der Waals surface area contributed by atoms with Crippen molar-refractivity contribution in [1.29, 1.82) is 0 Å². The first kappa shape index (κ1) is 11.7.